The minimum Gasteiger partial charge on any atom is -0.496 e. The maximum Gasteiger partial charge on any atom is 0.125 e. The summed E-state index contributed by atoms with van der Waals surface area (Å²) in [6.07, 6.45) is 0. The van der Waals surface area contributed by atoms with Crippen LogP contribution < -0.4 is 15.8 Å². The molecule has 1 aromatic heterocycles. The Morgan fingerprint density at radius 1 is 1.33 bits per heavy atom. The zero-order chi connectivity index (χ0) is 13.0. The maximum atomic E-state index is 5.72. The van der Waals surface area contributed by atoms with E-state index in [9.17, 15) is 0 Å². The van der Waals surface area contributed by atoms with Gasteiger partial charge in [0.2, 0.25) is 0 Å². The fraction of sp³-hybridized carbons (Fsp3) is 0.231. The van der Waals surface area contributed by atoms with Crippen LogP contribution >= 0.6 is 27.3 Å². The minimum atomic E-state index is 0.720. The SMILES string of the molecule is COc1cc(N)ccc1CNCc1cc(Br)cs1. The predicted molar refractivity (Wildman–Crippen MR) is 80.0 cm³/mol. The van der Waals surface area contributed by atoms with E-state index in [0.717, 1.165) is 34.6 Å². The number of ether oxygens (including phenoxy) is 1. The summed E-state index contributed by atoms with van der Waals surface area (Å²) in [7, 11) is 1.66. The summed E-state index contributed by atoms with van der Waals surface area (Å²) in [6, 6.07) is 7.85. The largest absolute Gasteiger partial charge is 0.496 e. The lowest BCUT2D eigenvalue weighted by molar-refractivity contribution is 0.408. The Bertz CT molecular complexity index is 527. The number of benzene rings is 1. The fourth-order valence-electron chi connectivity index (χ4n) is 1.67. The molecule has 0 aliphatic rings. The van der Waals surface area contributed by atoms with Crippen LogP contribution in [0, 0.1) is 0 Å². The van der Waals surface area contributed by atoms with E-state index in [-0.39, 0.29) is 0 Å². The van der Waals surface area contributed by atoms with Gasteiger partial charge in [-0.1, -0.05) is 6.07 Å². The van der Waals surface area contributed by atoms with E-state index >= 15 is 0 Å². The summed E-state index contributed by atoms with van der Waals surface area (Å²) in [5.74, 6) is 0.829. The van der Waals surface area contributed by atoms with Gasteiger partial charge in [-0.2, -0.15) is 0 Å². The minimum absolute atomic E-state index is 0.720. The summed E-state index contributed by atoms with van der Waals surface area (Å²) in [5, 5.41) is 5.48. The average Bonchev–Trinajstić information content (AvgIpc) is 2.77. The monoisotopic (exact) mass is 326 g/mol. The molecule has 0 spiro atoms. The van der Waals surface area contributed by atoms with Gasteiger partial charge in [0.1, 0.15) is 5.75 Å². The second kappa shape index (κ2) is 6.22. The second-order valence-electron chi connectivity index (χ2n) is 3.91. The van der Waals surface area contributed by atoms with Gasteiger partial charge in [0.25, 0.3) is 0 Å². The molecule has 0 bridgehead atoms. The van der Waals surface area contributed by atoms with Crippen LogP contribution in [0.2, 0.25) is 0 Å². The third-order valence-corrected chi connectivity index (χ3v) is 4.25. The second-order valence-corrected chi connectivity index (χ2v) is 5.82. The molecule has 0 atom stereocenters. The van der Waals surface area contributed by atoms with Crippen LogP contribution in [0.25, 0.3) is 0 Å². The standard InChI is InChI=1S/C13H15BrN2OS/c1-17-13-5-11(15)3-2-9(13)6-16-7-12-4-10(14)8-18-12/h2-5,8,16H,6-7,15H2,1H3. The lowest BCUT2D eigenvalue weighted by Gasteiger charge is -2.09. The summed E-state index contributed by atoms with van der Waals surface area (Å²) in [6.45, 7) is 1.61. The Morgan fingerprint density at radius 3 is 2.83 bits per heavy atom. The Kier molecular flexibility index (Phi) is 4.63. The van der Waals surface area contributed by atoms with Gasteiger partial charge in [-0.3, -0.25) is 0 Å². The van der Waals surface area contributed by atoms with Crippen LogP contribution in [0.1, 0.15) is 10.4 Å². The molecule has 0 saturated carbocycles. The first-order valence-electron chi connectivity index (χ1n) is 5.55. The average molecular weight is 327 g/mol. The zero-order valence-corrected chi connectivity index (χ0v) is 12.5. The van der Waals surface area contributed by atoms with E-state index in [1.165, 1.54) is 4.88 Å². The van der Waals surface area contributed by atoms with Crippen molar-refractivity contribution in [1.29, 1.82) is 0 Å². The number of hydrogen-bond donors (Lipinski definition) is 2. The highest BCUT2D eigenvalue weighted by molar-refractivity contribution is 9.10. The first-order valence-corrected chi connectivity index (χ1v) is 7.22. The van der Waals surface area contributed by atoms with E-state index in [1.807, 2.05) is 18.2 Å². The Morgan fingerprint density at radius 2 is 2.17 bits per heavy atom. The molecule has 0 aliphatic heterocycles. The van der Waals surface area contributed by atoms with Crippen molar-refractivity contribution >= 4 is 33.0 Å². The zero-order valence-electron chi connectivity index (χ0n) is 10.1. The predicted octanol–water partition coefficient (Wildman–Crippen LogP) is 3.39. The highest BCUT2D eigenvalue weighted by Crippen LogP contribution is 2.22. The quantitative estimate of drug-likeness (QED) is 0.828. The molecule has 0 amide bonds. The molecule has 3 nitrogen and oxygen atoms in total. The number of anilines is 1. The number of rotatable bonds is 5. The van der Waals surface area contributed by atoms with Crippen LogP contribution in [-0.4, -0.2) is 7.11 Å². The van der Waals surface area contributed by atoms with E-state index in [1.54, 1.807) is 18.4 Å². The van der Waals surface area contributed by atoms with Gasteiger partial charge < -0.3 is 15.8 Å². The maximum absolute atomic E-state index is 5.72. The Labute approximate surface area is 119 Å². The number of nitrogens with one attached hydrogen (secondary N) is 1. The molecule has 1 aromatic carbocycles. The molecule has 18 heavy (non-hydrogen) atoms. The number of halogens is 1. The van der Waals surface area contributed by atoms with Crippen molar-refractivity contribution in [2.24, 2.45) is 0 Å². The highest BCUT2D eigenvalue weighted by atomic mass is 79.9. The summed E-state index contributed by atoms with van der Waals surface area (Å²) < 4.78 is 6.44. The molecule has 3 N–H and O–H groups in total. The molecule has 5 heteroatoms. The van der Waals surface area contributed by atoms with Crippen molar-refractivity contribution in [3.8, 4) is 5.75 Å². The molecular formula is C13H15BrN2OS. The molecule has 0 saturated heterocycles. The van der Waals surface area contributed by atoms with Gasteiger partial charge in [0.15, 0.2) is 0 Å². The molecule has 0 unspecified atom stereocenters. The van der Waals surface area contributed by atoms with E-state index in [2.05, 4.69) is 32.7 Å². The third-order valence-electron chi connectivity index (χ3n) is 2.55. The number of nitrogens with two attached hydrogens (primary N) is 1. The molecular weight excluding hydrogens is 312 g/mol. The van der Waals surface area contributed by atoms with Crippen molar-refractivity contribution in [2.45, 2.75) is 13.1 Å². The Balaban J connectivity index is 1.94. The van der Waals surface area contributed by atoms with Crippen LogP contribution in [0.3, 0.4) is 0 Å². The van der Waals surface area contributed by atoms with Crippen LogP contribution in [0.4, 0.5) is 5.69 Å². The Hall–Kier alpha value is -1.04. The molecule has 0 aliphatic carbocycles. The van der Waals surface area contributed by atoms with Gasteiger partial charge in [-0.05, 0) is 28.1 Å². The first-order chi connectivity index (χ1) is 8.69. The van der Waals surface area contributed by atoms with Gasteiger partial charge in [-0.25, -0.2) is 0 Å². The topological polar surface area (TPSA) is 47.3 Å². The van der Waals surface area contributed by atoms with Gasteiger partial charge in [0.05, 0.1) is 7.11 Å². The van der Waals surface area contributed by atoms with Crippen molar-refractivity contribution in [2.75, 3.05) is 12.8 Å². The van der Waals surface area contributed by atoms with Crippen LogP contribution in [0.5, 0.6) is 5.75 Å². The highest BCUT2D eigenvalue weighted by Gasteiger charge is 2.03. The van der Waals surface area contributed by atoms with E-state index < -0.39 is 0 Å². The lowest BCUT2D eigenvalue weighted by atomic mass is 10.2. The van der Waals surface area contributed by atoms with E-state index in [0.29, 0.717) is 0 Å². The molecule has 0 fully saturated rings. The van der Waals surface area contributed by atoms with Crippen LogP contribution in [0.15, 0.2) is 34.1 Å². The van der Waals surface area contributed by atoms with Crippen molar-refractivity contribution in [3.05, 3.63) is 44.6 Å². The molecule has 2 aromatic rings. The van der Waals surface area contributed by atoms with Crippen molar-refractivity contribution < 1.29 is 4.74 Å². The molecule has 96 valence electrons. The van der Waals surface area contributed by atoms with E-state index in [4.69, 9.17) is 10.5 Å². The summed E-state index contributed by atoms with van der Waals surface area (Å²) >= 11 is 5.18. The number of methoxy groups -OCH3 is 1. The van der Waals surface area contributed by atoms with Gasteiger partial charge in [0, 0.05) is 45.1 Å². The number of thiophene rings is 1. The normalized spacial score (nSPS) is 10.6. The van der Waals surface area contributed by atoms with Crippen molar-refractivity contribution in [1.82, 2.24) is 5.32 Å². The number of nitrogen functional groups attached to an aromatic ring is 1. The smallest absolute Gasteiger partial charge is 0.125 e. The van der Waals surface area contributed by atoms with Gasteiger partial charge >= 0.3 is 0 Å². The van der Waals surface area contributed by atoms with Crippen LogP contribution in [-0.2, 0) is 13.1 Å². The molecule has 1 heterocycles. The molecule has 0 radical (unpaired) electrons. The summed E-state index contributed by atoms with van der Waals surface area (Å²) in [5.41, 5.74) is 7.56. The number of hydrogen-bond acceptors (Lipinski definition) is 4. The van der Waals surface area contributed by atoms with Crippen molar-refractivity contribution in [3.63, 3.8) is 0 Å². The lowest BCUT2D eigenvalue weighted by Crippen LogP contribution is -2.12. The summed E-state index contributed by atoms with van der Waals surface area (Å²) in [4.78, 5) is 1.30. The van der Waals surface area contributed by atoms with Gasteiger partial charge in [-0.15, -0.1) is 11.3 Å². The fourth-order valence-corrected chi connectivity index (χ4v) is 3.09. The first kappa shape index (κ1) is 13.4. The molecule has 2 rings (SSSR count). The third kappa shape index (κ3) is 3.48.